The van der Waals surface area contributed by atoms with Crippen molar-refractivity contribution in [3.05, 3.63) is 30.3 Å². The Morgan fingerprint density at radius 2 is 1.95 bits per heavy atom. The molecule has 0 radical (unpaired) electrons. The summed E-state index contributed by atoms with van der Waals surface area (Å²) in [5.74, 6) is -1.01. The van der Waals surface area contributed by atoms with Crippen LogP contribution in [0, 0.1) is 0 Å². The second-order valence-electron chi connectivity index (χ2n) is 4.34. The third-order valence-electron chi connectivity index (χ3n) is 2.55. The van der Waals surface area contributed by atoms with Gasteiger partial charge < -0.3 is 10.4 Å². The first-order chi connectivity index (χ1) is 9.02. The van der Waals surface area contributed by atoms with E-state index in [1.165, 1.54) is 11.8 Å². The van der Waals surface area contributed by atoms with E-state index in [2.05, 4.69) is 5.32 Å². The minimum Gasteiger partial charge on any atom is -0.481 e. The van der Waals surface area contributed by atoms with Crippen molar-refractivity contribution in [1.29, 1.82) is 0 Å². The van der Waals surface area contributed by atoms with Crippen LogP contribution >= 0.6 is 11.8 Å². The van der Waals surface area contributed by atoms with E-state index in [0.717, 1.165) is 4.90 Å². The molecule has 1 rings (SSSR count). The molecule has 1 aromatic carbocycles. The monoisotopic (exact) mass is 281 g/mol. The highest BCUT2D eigenvalue weighted by Crippen LogP contribution is 2.25. The van der Waals surface area contributed by atoms with Crippen molar-refractivity contribution in [1.82, 2.24) is 5.32 Å². The number of nitrogens with one attached hydrogen (secondary N) is 1. The highest BCUT2D eigenvalue weighted by Gasteiger charge is 2.20. The van der Waals surface area contributed by atoms with Gasteiger partial charge in [0, 0.05) is 10.9 Å². The molecule has 0 saturated carbocycles. The van der Waals surface area contributed by atoms with Crippen LogP contribution in [-0.2, 0) is 9.59 Å². The zero-order valence-corrected chi connectivity index (χ0v) is 11.9. The highest BCUT2D eigenvalue weighted by atomic mass is 32.2. The second-order valence-corrected chi connectivity index (χ2v) is 5.61. The number of aliphatic carboxylic acids is 1. The van der Waals surface area contributed by atoms with Crippen molar-refractivity contribution < 1.29 is 14.7 Å². The summed E-state index contributed by atoms with van der Waals surface area (Å²) in [7, 11) is 0. The molecule has 0 saturated heterocycles. The molecule has 2 N–H and O–H groups in total. The Kier molecular flexibility index (Phi) is 6.42. The topological polar surface area (TPSA) is 66.4 Å². The van der Waals surface area contributed by atoms with Crippen LogP contribution in [0.25, 0.3) is 0 Å². The van der Waals surface area contributed by atoms with Gasteiger partial charge in [0.05, 0.1) is 11.7 Å². The Morgan fingerprint density at radius 1 is 1.32 bits per heavy atom. The van der Waals surface area contributed by atoms with Gasteiger partial charge in [0.2, 0.25) is 5.91 Å². The Balaban J connectivity index is 2.54. The molecule has 0 heterocycles. The summed E-state index contributed by atoms with van der Waals surface area (Å²) in [5, 5.41) is 11.2. The maximum Gasteiger partial charge on any atom is 0.305 e. The summed E-state index contributed by atoms with van der Waals surface area (Å²) >= 11 is 1.50. The highest BCUT2D eigenvalue weighted by molar-refractivity contribution is 8.00. The average molecular weight is 281 g/mol. The van der Waals surface area contributed by atoms with Gasteiger partial charge in [0.15, 0.2) is 0 Å². The lowest BCUT2D eigenvalue weighted by atomic mass is 10.2. The lowest BCUT2D eigenvalue weighted by molar-refractivity contribution is -0.137. The Morgan fingerprint density at radius 3 is 2.47 bits per heavy atom. The van der Waals surface area contributed by atoms with E-state index in [4.69, 9.17) is 5.11 Å². The summed E-state index contributed by atoms with van der Waals surface area (Å²) in [6.07, 6.45) is 0.642. The van der Waals surface area contributed by atoms with Gasteiger partial charge in [-0.15, -0.1) is 11.8 Å². The zero-order chi connectivity index (χ0) is 14.3. The van der Waals surface area contributed by atoms with Crippen LogP contribution in [0.4, 0.5) is 0 Å². The first kappa shape index (κ1) is 15.6. The van der Waals surface area contributed by atoms with Crippen molar-refractivity contribution >= 4 is 23.6 Å². The van der Waals surface area contributed by atoms with Crippen LogP contribution in [0.1, 0.15) is 26.7 Å². The van der Waals surface area contributed by atoms with Gasteiger partial charge in [-0.05, 0) is 25.5 Å². The number of amides is 1. The first-order valence-corrected chi connectivity index (χ1v) is 7.14. The van der Waals surface area contributed by atoms with Crippen molar-refractivity contribution in [2.24, 2.45) is 0 Å². The average Bonchev–Trinajstić information content (AvgIpc) is 2.35. The number of hydrogen-bond donors (Lipinski definition) is 2. The quantitative estimate of drug-likeness (QED) is 0.754. The fourth-order valence-corrected chi connectivity index (χ4v) is 2.62. The fourth-order valence-electron chi connectivity index (χ4n) is 1.63. The maximum absolute atomic E-state index is 12.0. The normalized spacial score (nSPS) is 13.6. The maximum atomic E-state index is 12.0. The third-order valence-corrected chi connectivity index (χ3v) is 3.93. The van der Waals surface area contributed by atoms with Crippen LogP contribution < -0.4 is 5.32 Å². The van der Waals surface area contributed by atoms with Gasteiger partial charge >= 0.3 is 5.97 Å². The van der Waals surface area contributed by atoms with Crippen molar-refractivity contribution in [3.8, 4) is 0 Å². The van der Waals surface area contributed by atoms with Gasteiger partial charge in [0.25, 0.3) is 0 Å². The summed E-state index contributed by atoms with van der Waals surface area (Å²) < 4.78 is 0. The minimum atomic E-state index is -0.906. The molecule has 5 heteroatoms. The first-order valence-electron chi connectivity index (χ1n) is 6.26. The molecule has 1 aromatic rings. The molecule has 0 aromatic heterocycles. The number of carboxylic acids is 1. The SMILES string of the molecule is CCC(Sc1ccccc1)C(=O)NC(C)CC(=O)O. The van der Waals surface area contributed by atoms with Crippen molar-refractivity contribution in [2.75, 3.05) is 0 Å². The van der Waals surface area contributed by atoms with E-state index >= 15 is 0 Å². The lowest BCUT2D eigenvalue weighted by Crippen LogP contribution is -2.39. The summed E-state index contributed by atoms with van der Waals surface area (Å²) in [4.78, 5) is 23.6. The molecule has 4 nitrogen and oxygen atoms in total. The standard InChI is InChI=1S/C14H19NO3S/c1-3-12(19-11-7-5-4-6-8-11)14(18)15-10(2)9-13(16)17/h4-8,10,12H,3,9H2,1-2H3,(H,15,18)(H,16,17). The van der Waals surface area contributed by atoms with E-state index in [9.17, 15) is 9.59 Å². The van der Waals surface area contributed by atoms with Gasteiger partial charge in [-0.3, -0.25) is 9.59 Å². The number of hydrogen-bond acceptors (Lipinski definition) is 3. The molecule has 0 spiro atoms. The van der Waals surface area contributed by atoms with Crippen LogP contribution in [-0.4, -0.2) is 28.3 Å². The molecule has 0 bridgehead atoms. The summed E-state index contributed by atoms with van der Waals surface area (Å²) in [6.45, 7) is 3.65. The van der Waals surface area contributed by atoms with E-state index < -0.39 is 5.97 Å². The molecule has 0 aliphatic carbocycles. The van der Waals surface area contributed by atoms with E-state index in [1.807, 2.05) is 37.3 Å². The van der Waals surface area contributed by atoms with Crippen LogP contribution in [0.15, 0.2) is 35.2 Å². The fraction of sp³-hybridized carbons (Fsp3) is 0.429. The number of carboxylic acid groups (broad SMARTS) is 1. The van der Waals surface area contributed by atoms with Crippen molar-refractivity contribution in [2.45, 2.75) is 42.9 Å². The minimum absolute atomic E-state index is 0.0574. The summed E-state index contributed by atoms with van der Waals surface area (Å²) in [6, 6.07) is 9.36. The predicted octanol–water partition coefficient (Wildman–Crippen LogP) is 2.54. The van der Waals surface area contributed by atoms with Crippen LogP contribution in [0.5, 0.6) is 0 Å². The largest absolute Gasteiger partial charge is 0.481 e. The smallest absolute Gasteiger partial charge is 0.305 e. The molecule has 104 valence electrons. The Bertz CT molecular complexity index is 422. The van der Waals surface area contributed by atoms with Gasteiger partial charge in [-0.1, -0.05) is 25.1 Å². The molecule has 2 atom stereocenters. The number of benzene rings is 1. The molecule has 1 amide bonds. The number of carbonyl (C=O) groups is 2. The van der Waals surface area contributed by atoms with E-state index in [1.54, 1.807) is 6.92 Å². The summed E-state index contributed by atoms with van der Waals surface area (Å²) in [5.41, 5.74) is 0. The molecule has 2 unspecified atom stereocenters. The third kappa shape index (κ3) is 5.79. The van der Waals surface area contributed by atoms with Gasteiger partial charge in [-0.25, -0.2) is 0 Å². The predicted molar refractivity (Wildman–Crippen MR) is 76.2 cm³/mol. The number of carbonyl (C=O) groups excluding carboxylic acids is 1. The van der Waals surface area contributed by atoms with E-state index in [-0.39, 0.29) is 23.6 Å². The molecule has 0 aliphatic heterocycles. The Hall–Kier alpha value is -1.49. The number of thioether (sulfide) groups is 1. The van der Waals surface area contributed by atoms with E-state index in [0.29, 0.717) is 6.42 Å². The van der Waals surface area contributed by atoms with Crippen molar-refractivity contribution in [3.63, 3.8) is 0 Å². The lowest BCUT2D eigenvalue weighted by Gasteiger charge is -2.18. The Labute approximate surface area is 117 Å². The molecule has 19 heavy (non-hydrogen) atoms. The number of rotatable bonds is 7. The molecular formula is C14H19NO3S. The molecule has 0 fully saturated rings. The second kappa shape index (κ2) is 7.84. The van der Waals surface area contributed by atoms with Gasteiger partial charge in [-0.2, -0.15) is 0 Å². The zero-order valence-electron chi connectivity index (χ0n) is 11.1. The molecule has 0 aliphatic rings. The van der Waals surface area contributed by atoms with Crippen LogP contribution in [0.3, 0.4) is 0 Å². The van der Waals surface area contributed by atoms with Crippen LogP contribution in [0.2, 0.25) is 0 Å². The van der Waals surface area contributed by atoms with Gasteiger partial charge in [0.1, 0.15) is 0 Å². The molecular weight excluding hydrogens is 262 g/mol.